The number of carbonyl (C=O) groups is 1. The van der Waals surface area contributed by atoms with Crippen LogP contribution in [0.3, 0.4) is 0 Å². The standard InChI is InChI=1S/C29H53N7O/c37-27-29(24-8-14-30-15-9-24,25-7-6-12-32-23-25)26(10-20-36(27)35-18-4-1-5-19-35)28(11-2-3-13-33-28)34-21-16-31-17-22-34/h24-26,30-33H,1-23H2. The minimum absolute atomic E-state index is 0.0493. The summed E-state index contributed by atoms with van der Waals surface area (Å²) in [7, 11) is 0. The van der Waals surface area contributed by atoms with Gasteiger partial charge in [-0.3, -0.25) is 20.0 Å². The molecule has 0 aromatic rings. The fraction of sp³-hybridized carbons (Fsp3) is 0.966. The molecule has 8 heteroatoms. The van der Waals surface area contributed by atoms with Crippen LogP contribution in [-0.4, -0.2) is 105 Å². The Hall–Kier alpha value is -0.770. The maximum atomic E-state index is 15.4. The van der Waals surface area contributed by atoms with Gasteiger partial charge in [0.25, 0.3) is 0 Å². The molecule has 6 saturated heterocycles. The van der Waals surface area contributed by atoms with Gasteiger partial charge in [0.1, 0.15) is 0 Å². The Morgan fingerprint density at radius 3 is 2.14 bits per heavy atom. The first-order chi connectivity index (χ1) is 18.3. The van der Waals surface area contributed by atoms with Crippen molar-refractivity contribution in [3.63, 3.8) is 0 Å². The molecule has 1 amide bonds. The second-order valence-electron chi connectivity index (χ2n) is 12.8. The van der Waals surface area contributed by atoms with Gasteiger partial charge in [0.05, 0.1) is 11.1 Å². The molecule has 0 aromatic heterocycles. The highest BCUT2D eigenvalue weighted by molar-refractivity contribution is 5.85. The fourth-order valence-electron chi connectivity index (χ4n) is 9.56. The molecule has 6 aliphatic heterocycles. The summed E-state index contributed by atoms with van der Waals surface area (Å²) in [6, 6.07) is 0. The topological polar surface area (TPSA) is 74.9 Å². The molecule has 6 rings (SSSR count). The van der Waals surface area contributed by atoms with Crippen LogP contribution in [0.5, 0.6) is 0 Å². The van der Waals surface area contributed by atoms with Crippen molar-refractivity contribution in [3.8, 4) is 0 Å². The maximum absolute atomic E-state index is 15.4. The van der Waals surface area contributed by atoms with Gasteiger partial charge in [-0.25, -0.2) is 5.01 Å². The van der Waals surface area contributed by atoms with E-state index in [9.17, 15) is 0 Å². The van der Waals surface area contributed by atoms with Crippen molar-refractivity contribution in [2.45, 2.75) is 76.3 Å². The highest BCUT2D eigenvalue weighted by atomic mass is 16.2. The van der Waals surface area contributed by atoms with Gasteiger partial charge in [-0.15, -0.1) is 0 Å². The first-order valence-corrected chi connectivity index (χ1v) is 16.0. The summed E-state index contributed by atoms with van der Waals surface area (Å²) in [4.78, 5) is 18.2. The van der Waals surface area contributed by atoms with E-state index in [4.69, 9.17) is 0 Å². The second kappa shape index (κ2) is 11.8. The highest BCUT2D eigenvalue weighted by Gasteiger charge is 2.66. The van der Waals surface area contributed by atoms with Crippen LogP contribution in [0.2, 0.25) is 0 Å². The van der Waals surface area contributed by atoms with E-state index in [1.54, 1.807) is 0 Å². The quantitative estimate of drug-likeness (QED) is 0.443. The van der Waals surface area contributed by atoms with Crippen LogP contribution < -0.4 is 21.3 Å². The van der Waals surface area contributed by atoms with Crippen LogP contribution >= 0.6 is 0 Å². The average molecular weight is 516 g/mol. The SMILES string of the molecule is O=C1N(N2CCCCC2)CCC(C2(N3CCNCC3)CCCCN2)C1(C1CCNCC1)C1CCCNC1. The van der Waals surface area contributed by atoms with Crippen LogP contribution in [0.15, 0.2) is 0 Å². The number of amides is 1. The van der Waals surface area contributed by atoms with Crippen molar-refractivity contribution < 1.29 is 4.79 Å². The molecule has 4 unspecified atom stereocenters. The third kappa shape index (κ3) is 4.78. The number of rotatable bonds is 5. The molecule has 210 valence electrons. The van der Waals surface area contributed by atoms with Gasteiger partial charge in [0.2, 0.25) is 5.91 Å². The number of piperidine rings is 5. The zero-order valence-corrected chi connectivity index (χ0v) is 23.2. The van der Waals surface area contributed by atoms with Crippen LogP contribution in [0.4, 0.5) is 0 Å². The van der Waals surface area contributed by atoms with E-state index < -0.39 is 0 Å². The Bertz CT molecular complexity index is 729. The van der Waals surface area contributed by atoms with Crippen molar-refractivity contribution >= 4 is 5.91 Å². The van der Waals surface area contributed by atoms with E-state index in [1.807, 2.05) is 0 Å². The van der Waals surface area contributed by atoms with Crippen LogP contribution in [0.1, 0.15) is 70.6 Å². The zero-order chi connectivity index (χ0) is 25.1. The van der Waals surface area contributed by atoms with Gasteiger partial charge in [-0.05, 0) is 109 Å². The van der Waals surface area contributed by atoms with E-state index in [-0.39, 0.29) is 11.1 Å². The Morgan fingerprint density at radius 2 is 1.43 bits per heavy atom. The molecule has 0 spiro atoms. The molecule has 0 radical (unpaired) electrons. The van der Waals surface area contributed by atoms with Crippen molar-refractivity contribution in [3.05, 3.63) is 0 Å². The number of hydrogen-bond donors (Lipinski definition) is 4. The fourth-order valence-corrected chi connectivity index (χ4v) is 9.56. The molecule has 0 saturated carbocycles. The first-order valence-electron chi connectivity index (χ1n) is 16.0. The number of carbonyl (C=O) groups excluding carboxylic acids is 1. The summed E-state index contributed by atoms with van der Waals surface area (Å²) >= 11 is 0. The molecule has 8 nitrogen and oxygen atoms in total. The molecular weight excluding hydrogens is 462 g/mol. The third-order valence-electron chi connectivity index (χ3n) is 11.1. The van der Waals surface area contributed by atoms with E-state index in [0.29, 0.717) is 23.7 Å². The minimum atomic E-state index is -0.291. The molecule has 0 aliphatic carbocycles. The van der Waals surface area contributed by atoms with Crippen molar-refractivity contribution in [1.82, 2.24) is 36.2 Å². The Morgan fingerprint density at radius 1 is 0.649 bits per heavy atom. The summed E-state index contributed by atoms with van der Waals surface area (Å²) < 4.78 is 0. The lowest BCUT2D eigenvalue weighted by molar-refractivity contribution is -0.209. The molecule has 4 N–H and O–H groups in total. The lowest BCUT2D eigenvalue weighted by atomic mass is 9.49. The molecule has 0 bridgehead atoms. The normalized spacial score (nSPS) is 40.1. The average Bonchev–Trinajstić information content (AvgIpc) is 2.99. The van der Waals surface area contributed by atoms with Crippen molar-refractivity contribution in [1.29, 1.82) is 0 Å². The number of nitrogens with zero attached hydrogens (tertiary/aromatic N) is 3. The summed E-state index contributed by atoms with van der Waals surface area (Å²) in [5.41, 5.74) is -0.341. The first kappa shape index (κ1) is 26.5. The summed E-state index contributed by atoms with van der Waals surface area (Å²) in [5, 5.41) is 20.0. The molecule has 0 aromatic carbocycles. The van der Waals surface area contributed by atoms with Gasteiger partial charge in [-0.1, -0.05) is 6.42 Å². The van der Waals surface area contributed by atoms with Gasteiger partial charge < -0.3 is 16.0 Å². The number of piperazine rings is 1. The monoisotopic (exact) mass is 515 g/mol. The van der Waals surface area contributed by atoms with E-state index in [1.165, 1.54) is 51.4 Å². The summed E-state index contributed by atoms with van der Waals surface area (Å²) in [5.74, 6) is 1.78. The third-order valence-corrected chi connectivity index (χ3v) is 11.1. The smallest absolute Gasteiger partial charge is 0.244 e. The molecule has 37 heavy (non-hydrogen) atoms. The predicted molar refractivity (Wildman–Crippen MR) is 148 cm³/mol. The van der Waals surface area contributed by atoms with Crippen LogP contribution in [0, 0.1) is 23.2 Å². The van der Waals surface area contributed by atoms with Gasteiger partial charge in [0.15, 0.2) is 0 Å². The van der Waals surface area contributed by atoms with Gasteiger partial charge >= 0.3 is 0 Å². The maximum Gasteiger partial charge on any atom is 0.244 e. The van der Waals surface area contributed by atoms with E-state index in [2.05, 4.69) is 36.2 Å². The molecule has 6 aliphatic rings. The lowest BCUT2D eigenvalue weighted by Crippen LogP contribution is -2.77. The Balaban J connectivity index is 1.46. The zero-order valence-electron chi connectivity index (χ0n) is 23.2. The van der Waals surface area contributed by atoms with Crippen LogP contribution in [0.25, 0.3) is 0 Å². The van der Waals surface area contributed by atoms with Crippen molar-refractivity contribution in [2.75, 3.05) is 78.5 Å². The van der Waals surface area contributed by atoms with Crippen LogP contribution in [-0.2, 0) is 4.79 Å². The van der Waals surface area contributed by atoms with E-state index >= 15 is 4.79 Å². The molecule has 6 fully saturated rings. The molecular formula is C29H53N7O. The summed E-state index contributed by atoms with van der Waals surface area (Å²) in [6.45, 7) is 12.7. The lowest BCUT2D eigenvalue weighted by Gasteiger charge is -2.65. The number of hydrogen-bond acceptors (Lipinski definition) is 7. The van der Waals surface area contributed by atoms with Gasteiger partial charge in [-0.2, -0.15) is 0 Å². The second-order valence-corrected chi connectivity index (χ2v) is 12.8. The number of nitrogens with one attached hydrogen (secondary N) is 4. The Kier molecular flexibility index (Phi) is 8.41. The predicted octanol–water partition coefficient (Wildman–Crippen LogP) is 1.60. The summed E-state index contributed by atoms with van der Waals surface area (Å²) in [6.07, 6.45) is 13.3. The molecule has 4 atom stereocenters. The largest absolute Gasteiger partial charge is 0.317 e. The van der Waals surface area contributed by atoms with Crippen molar-refractivity contribution in [2.24, 2.45) is 23.2 Å². The number of hydrazine groups is 1. The van der Waals surface area contributed by atoms with Gasteiger partial charge in [0, 0.05) is 51.7 Å². The minimum Gasteiger partial charge on any atom is -0.317 e. The highest BCUT2D eigenvalue weighted by Crippen LogP contribution is 2.58. The molecule has 6 heterocycles. The Labute approximate surface area is 225 Å². The van der Waals surface area contributed by atoms with E-state index in [0.717, 1.165) is 97.8 Å².